The molecule has 6 nitrogen and oxygen atoms in total. The first-order valence-electron chi connectivity index (χ1n) is 9.19. The van der Waals surface area contributed by atoms with Gasteiger partial charge in [0.15, 0.2) is 5.96 Å². The second kappa shape index (κ2) is 10.1. The van der Waals surface area contributed by atoms with Crippen LogP contribution in [0.2, 0.25) is 0 Å². The number of rotatable bonds is 8. The summed E-state index contributed by atoms with van der Waals surface area (Å²) >= 11 is 1.33. The average molecular weight is 387 g/mol. The maximum Gasteiger partial charge on any atom is 0.252 e. The lowest BCUT2D eigenvalue weighted by Crippen LogP contribution is -2.37. The van der Waals surface area contributed by atoms with Gasteiger partial charge in [-0.15, -0.1) is 11.3 Å². The highest BCUT2D eigenvalue weighted by atomic mass is 32.2. The minimum atomic E-state index is -3.34. The summed E-state index contributed by atoms with van der Waals surface area (Å²) in [6.07, 6.45) is 5.26. The molecule has 0 amide bonds. The standard InChI is InChI=1S/C17H30N4O2S2/c1-3-5-11-19-17(18-4-2)20-14-15-9-10-16(24-15)25(22,23)21-12-7-6-8-13-21/h9-10H,3-8,11-14H2,1-2H3,(H2,18,19,20). The SMILES string of the molecule is CCCCNC(=NCc1ccc(S(=O)(=O)N2CCCCC2)s1)NCC. The number of piperidine rings is 1. The number of guanidine groups is 1. The number of nitrogens with one attached hydrogen (secondary N) is 2. The van der Waals surface area contributed by atoms with Crippen molar-refractivity contribution >= 4 is 27.3 Å². The molecule has 0 atom stereocenters. The van der Waals surface area contributed by atoms with Gasteiger partial charge >= 0.3 is 0 Å². The van der Waals surface area contributed by atoms with Crippen molar-refractivity contribution < 1.29 is 8.42 Å². The monoisotopic (exact) mass is 386 g/mol. The molecule has 8 heteroatoms. The highest BCUT2D eigenvalue weighted by molar-refractivity contribution is 7.91. The Morgan fingerprint density at radius 1 is 1.20 bits per heavy atom. The lowest BCUT2D eigenvalue weighted by atomic mass is 10.2. The predicted molar refractivity (Wildman–Crippen MR) is 105 cm³/mol. The Balaban J connectivity index is 2.00. The summed E-state index contributed by atoms with van der Waals surface area (Å²) in [6.45, 7) is 7.65. The molecule has 1 saturated heterocycles. The summed E-state index contributed by atoms with van der Waals surface area (Å²) in [5.74, 6) is 0.782. The molecule has 2 N–H and O–H groups in total. The van der Waals surface area contributed by atoms with E-state index >= 15 is 0 Å². The number of aliphatic imine (C=N–C) groups is 1. The Bertz CT molecular complexity index is 649. The van der Waals surface area contributed by atoms with Gasteiger partial charge in [0.05, 0.1) is 6.54 Å². The topological polar surface area (TPSA) is 73.8 Å². The zero-order valence-corrected chi connectivity index (χ0v) is 16.9. The van der Waals surface area contributed by atoms with E-state index in [2.05, 4.69) is 22.5 Å². The summed E-state index contributed by atoms with van der Waals surface area (Å²) in [6, 6.07) is 3.59. The van der Waals surface area contributed by atoms with Gasteiger partial charge < -0.3 is 10.6 Å². The molecule has 1 aromatic rings. The third-order valence-electron chi connectivity index (χ3n) is 4.11. The van der Waals surface area contributed by atoms with Gasteiger partial charge in [-0.3, -0.25) is 0 Å². The maximum atomic E-state index is 12.7. The number of thiophene rings is 1. The molecule has 0 radical (unpaired) electrons. The van der Waals surface area contributed by atoms with Crippen LogP contribution in [0, 0.1) is 0 Å². The minimum Gasteiger partial charge on any atom is -0.357 e. The van der Waals surface area contributed by atoms with Crippen molar-refractivity contribution in [2.75, 3.05) is 26.2 Å². The number of hydrogen-bond acceptors (Lipinski definition) is 4. The van der Waals surface area contributed by atoms with Crippen molar-refractivity contribution in [2.24, 2.45) is 4.99 Å². The first kappa shape index (κ1) is 20.2. The third kappa shape index (κ3) is 5.97. The van der Waals surface area contributed by atoms with Gasteiger partial charge in [-0.05, 0) is 38.3 Å². The molecule has 0 aliphatic carbocycles. The van der Waals surface area contributed by atoms with Gasteiger partial charge in [-0.25, -0.2) is 13.4 Å². The minimum absolute atomic E-state index is 0.434. The molecule has 1 aliphatic heterocycles. The fourth-order valence-corrected chi connectivity index (χ4v) is 5.65. The van der Waals surface area contributed by atoms with Crippen molar-refractivity contribution in [1.82, 2.24) is 14.9 Å². The van der Waals surface area contributed by atoms with E-state index in [4.69, 9.17) is 0 Å². The highest BCUT2D eigenvalue weighted by Crippen LogP contribution is 2.27. The second-order valence-corrected chi connectivity index (χ2v) is 9.49. The molecule has 0 aromatic carbocycles. The van der Waals surface area contributed by atoms with E-state index in [1.165, 1.54) is 11.3 Å². The number of hydrogen-bond donors (Lipinski definition) is 2. The van der Waals surface area contributed by atoms with Crippen LogP contribution in [0.4, 0.5) is 0 Å². The second-order valence-electron chi connectivity index (χ2n) is 6.16. The molecule has 0 spiro atoms. The number of nitrogens with zero attached hydrogens (tertiary/aromatic N) is 2. The highest BCUT2D eigenvalue weighted by Gasteiger charge is 2.27. The van der Waals surface area contributed by atoms with E-state index in [1.54, 1.807) is 10.4 Å². The van der Waals surface area contributed by atoms with E-state index in [-0.39, 0.29) is 0 Å². The smallest absolute Gasteiger partial charge is 0.252 e. The van der Waals surface area contributed by atoms with Gasteiger partial charge in [-0.2, -0.15) is 4.31 Å². The molecule has 142 valence electrons. The van der Waals surface area contributed by atoms with E-state index in [0.29, 0.717) is 23.8 Å². The summed E-state index contributed by atoms with van der Waals surface area (Å²) in [5.41, 5.74) is 0. The molecule has 1 aromatic heterocycles. The zero-order valence-electron chi connectivity index (χ0n) is 15.3. The van der Waals surface area contributed by atoms with Crippen LogP contribution in [0.25, 0.3) is 0 Å². The Morgan fingerprint density at radius 2 is 1.96 bits per heavy atom. The van der Waals surface area contributed by atoms with Crippen LogP contribution in [0.5, 0.6) is 0 Å². The molecule has 25 heavy (non-hydrogen) atoms. The third-order valence-corrected chi connectivity index (χ3v) is 7.54. The number of unbranched alkanes of at least 4 members (excludes halogenated alkanes) is 1. The van der Waals surface area contributed by atoms with Crippen molar-refractivity contribution in [3.63, 3.8) is 0 Å². The molecular weight excluding hydrogens is 356 g/mol. The summed E-state index contributed by atoms with van der Waals surface area (Å²) in [7, 11) is -3.34. The largest absolute Gasteiger partial charge is 0.357 e. The molecule has 0 bridgehead atoms. The fourth-order valence-electron chi connectivity index (χ4n) is 2.70. The van der Waals surface area contributed by atoms with Crippen LogP contribution in [0.1, 0.15) is 50.8 Å². The Labute approximate surface area is 155 Å². The lowest BCUT2D eigenvalue weighted by Gasteiger charge is -2.25. The van der Waals surface area contributed by atoms with Crippen molar-refractivity contribution in [3.05, 3.63) is 17.0 Å². The molecule has 1 fully saturated rings. The van der Waals surface area contributed by atoms with Gasteiger partial charge in [-0.1, -0.05) is 19.8 Å². The zero-order chi connectivity index (χ0) is 18.1. The Hall–Kier alpha value is -1.12. The van der Waals surface area contributed by atoms with Crippen LogP contribution in [-0.2, 0) is 16.6 Å². The van der Waals surface area contributed by atoms with E-state index in [0.717, 1.165) is 56.0 Å². The predicted octanol–water partition coefficient (Wildman–Crippen LogP) is 2.78. The normalized spacial score (nSPS) is 16.8. The van der Waals surface area contributed by atoms with Crippen LogP contribution < -0.4 is 10.6 Å². The van der Waals surface area contributed by atoms with Crippen molar-refractivity contribution in [1.29, 1.82) is 0 Å². The van der Waals surface area contributed by atoms with Crippen LogP contribution >= 0.6 is 11.3 Å². The van der Waals surface area contributed by atoms with Crippen LogP contribution in [0.15, 0.2) is 21.3 Å². The van der Waals surface area contributed by atoms with Gasteiger partial charge in [0.2, 0.25) is 0 Å². The van der Waals surface area contributed by atoms with Gasteiger partial charge in [0.25, 0.3) is 10.0 Å². The van der Waals surface area contributed by atoms with Gasteiger partial charge in [0, 0.05) is 31.1 Å². The lowest BCUT2D eigenvalue weighted by molar-refractivity contribution is 0.347. The molecule has 2 heterocycles. The first-order valence-corrected chi connectivity index (χ1v) is 11.4. The molecule has 1 aliphatic rings. The van der Waals surface area contributed by atoms with Crippen molar-refractivity contribution in [2.45, 2.75) is 56.7 Å². The summed E-state index contributed by atoms with van der Waals surface area (Å²) in [4.78, 5) is 5.52. The van der Waals surface area contributed by atoms with Crippen molar-refractivity contribution in [3.8, 4) is 0 Å². The Kier molecular flexibility index (Phi) is 8.18. The van der Waals surface area contributed by atoms with E-state index in [1.807, 2.05) is 13.0 Å². The van der Waals surface area contributed by atoms with E-state index in [9.17, 15) is 8.42 Å². The molecule has 0 saturated carbocycles. The molecule has 0 unspecified atom stereocenters. The Morgan fingerprint density at radius 3 is 2.64 bits per heavy atom. The quantitative estimate of drug-likeness (QED) is 0.409. The van der Waals surface area contributed by atoms with Crippen LogP contribution in [0.3, 0.4) is 0 Å². The molecular formula is C17H30N4O2S2. The summed E-state index contributed by atoms with van der Waals surface area (Å²) in [5, 5.41) is 6.52. The maximum absolute atomic E-state index is 12.7. The van der Waals surface area contributed by atoms with Crippen LogP contribution in [-0.4, -0.2) is 44.9 Å². The fraction of sp³-hybridized carbons (Fsp3) is 0.706. The molecule has 2 rings (SSSR count). The van der Waals surface area contributed by atoms with Gasteiger partial charge in [0.1, 0.15) is 4.21 Å². The number of sulfonamides is 1. The first-order chi connectivity index (χ1) is 12.1. The van der Waals surface area contributed by atoms with E-state index < -0.39 is 10.0 Å². The summed E-state index contributed by atoms with van der Waals surface area (Å²) < 4.78 is 27.4. The average Bonchev–Trinajstić information content (AvgIpc) is 3.10.